The van der Waals surface area contributed by atoms with Crippen LogP contribution < -0.4 is 9.64 Å². The summed E-state index contributed by atoms with van der Waals surface area (Å²) in [6.07, 6.45) is 6.66. The highest BCUT2D eigenvalue weighted by Gasteiger charge is 2.38. The smallest absolute Gasteiger partial charge is 0.261 e. The number of carbonyl (C=O) groups is 1. The van der Waals surface area contributed by atoms with Crippen LogP contribution in [0, 0.1) is 18.3 Å². The van der Waals surface area contributed by atoms with Crippen LogP contribution in [-0.2, 0) is 6.54 Å². The number of amides is 1. The van der Waals surface area contributed by atoms with Crippen molar-refractivity contribution in [2.45, 2.75) is 26.4 Å². The van der Waals surface area contributed by atoms with E-state index in [0.717, 1.165) is 22.5 Å². The summed E-state index contributed by atoms with van der Waals surface area (Å²) in [5.74, 6) is 0.535. The molecule has 0 aromatic carbocycles. The lowest BCUT2D eigenvalue weighted by molar-refractivity contribution is 0.0992. The van der Waals surface area contributed by atoms with Crippen molar-refractivity contribution in [2.24, 2.45) is 0 Å². The zero-order valence-electron chi connectivity index (χ0n) is 15.7. The molecule has 0 radical (unpaired) electrons. The van der Waals surface area contributed by atoms with Crippen molar-refractivity contribution in [1.82, 2.24) is 19.7 Å². The van der Waals surface area contributed by atoms with Crippen LogP contribution in [0.1, 0.15) is 34.6 Å². The molecule has 1 atom stereocenters. The van der Waals surface area contributed by atoms with Crippen molar-refractivity contribution in [3.05, 3.63) is 53.7 Å². The molecule has 4 rings (SSSR count). The Labute approximate surface area is 162 Å². The summed E-state index contributed by atoms with van der Waals surface area (Å²) in [6.45, 7) is 3.98. The number of nitriles is 1. The molecular weight excluding hydrogens is 356 g/mol. The van der Waals surface area contributed by atoms with E-state index < -0.39 is 0 Å². The second-order valence-electron chi connectivity index (χ2n) is 6.60. The Morgan fingerprint density at radius 2 is 2.11 bits per heavy atom. The lowest BCUT2D eigenvalue weighted by atomic mass is 10.0. The van der Waals surface area contributed by atoms with Crippen LogP contribution in [0.4, 0.5) is 5.69 Å². The topological polar surface area (TPSA) is 96.9 Å². The molecule has 0 aliphatic carbocycles. The quantitative estimate of drug-likeness (QED) is 0.696. The van der Waals surface area contributed by atoms with E-state index in [4.69, 9.17) is 15.0 Å². The highest BCUT2D eigenvalue weighted by atomic mass is 16.5. The van der Waals surface area contributed by atoms with Gasteiger partial charge in [-0.15, -0.1) is 0 Å². The van der Waals surface area contributed by atoms with E-state index in [1.807, 2.05) is 32.0 Å². The van der Waals surface area contributed by atoms with Gasteiger partial charge in [-0.2, -0.15) is 10.4 Å². The number of anilines is 1. The van der Waals surface area contributed by atoms with E-state index in [1.165, 1.54) is 4.68 Å². The van der Waals surface area contributed by atoms with Gasteiger partial charge in [0.15, 0.2) is 0 Å². The van der Waals surface area contributed by atoms with Gasteiger partial charge in [-0.3, -0.25) is 19.4 Å². The number of nitrogens with zero attached hydrogens (tertiary/aromatic N) is 6. The van der Waals surface area contributed by atoms with Gasteiger partial charge >= 0.3 is 0 Å². The second kappa shape index (κ2) is 6.78. The summed E-state index contributed by atoms with van der Waals surface area (Å²) >= 11 is 0. The fourth-order valence-corrected chi connectivity index (χ4v) is 3.49. The van der Waals surface area contributed by atoms with Crippen molar-refractivity contribution in [2.75, 3.05) is 12.0 Å². The largest absolute Gasteiger partial charge is 0.495 e. The van der Waals surface area contributed by atoms with E-state index in [-0.39, 0.29) is 18.5 Å². The number of fused-ring (bicyclic) bond motifs is 1. The number of pyridine rings is 2. The average molecular weight is 374 g/mol. The first-order valence-corrected chi connectivity index (χ1v) is 8.77. The summed E-state index contributed by atoms with van der Waals surface area (Å²) in [4.78, 5) is 23.7. The van der Waals surface area contributed by atoms with Crippen molar-refractivity contribution in [1.29, 1.82) is 5.26 Å². The maximum Gasteiger partial charge on any atom is 0.261 e. The third kappa shape index (κ3) is 2.77. The molecule has 140 valence electrons. The van der Waals surface area contributed by atoms with E-state index in [2.05, 4.69) is 10.1 Å². The van der Waals surface area contributed by atoms with Gasteiger partial charge in [-0.1, -0.05) is 0 Å². The lowest BCUT2D eigenvalue weighted by Gasteiger charge is -2.19. The highest BCUT2D eigenvalue weighted by Crippen LogP contribution is 2.39. The average Bonchev–Trinajstić information content (AvgIpc) is 3.24. The molecule has 0 spiro atoms. The Kier molecular flexibility index (Phi) is 4.28. The molecule has 28 heavy (non-hydrogen) atoms. The minimum atomic E-state index is -0.251. The van der Waals surface area contributed by atoms with E-state index in [1.54, 1.807) is 36.8 Å². The van der Waals surface area contributed by atoms with E-state index in [0.29, 0.717) is 17.0 Å². The SMILES string of the molecule is COc1cncc(-c2cc(C)c3c(n2)C(C)N(c2cnn(CC#N)c2)C3=O)c1. The van der Waals surface area contributed by atoms with Gasteiger partial charge in [0, 0.05) is 18.0 Å². The van der Waals surface area contributed by atoms with E-state index in [9.17, 15) is 4.79 Å². The molecule has 3 aromatic heterocycles. The summed E-state index contributed by atoms with van der Waals surface area (Å²) in [6, 6.07) is 5.55. The summed E-state index contributed by atoms with van der Waals surface area (Å²) in [5, 5.41) is 13.0. The van der Waals surface area contributed by atoms with Crippen molar-refractivity contribution in [3.8, 4) is 23.1 Å². The number of methoxy groups -OCH3 is 1. The van der Waals surface area contributed by atoms with Crippen LogP contribution in [-0.4, -0.2) is 32.8 Å². The van der Waals surface area contributed by atoms with Crippen LogP contribution in [0.5, 0.6) is 5.75 Å². The fraction of sp³-hybridized carbons (Fsp3) is 0.250. The maximum atomic E-state index is 13.1. The molecule has 3 aromatic rings. The zero-order valence-corrected chi connectivity index (χ0v) is 15.7. The summed E-state index contributed by atoms with van der Waals surface area (Å²) in [5.41, 5.74) is 4.40. The van der Waals surface area contributed by atoms with Crippen molar-refractivity contribution >= 4 is 11.6 Å². The lowest BCUT2D eigenvalue weighted by Crippen LogP contribution is -2.26. The molecule has 8 heteroatoms. The zero-order chi connectivity index (χ0) is 19.8. The van der Waals surface area contributed by atoms with Crippen LogP contribution in [0.3, 0.4) is 0 Å². The summed E-state index contributed by atoms with van der Waals surface area (Å²) in [7, 11) is 1.59. The molecule has 1 unspecified atom stereocenters. The maximum absolute atomic E-state index is 13.1. The Bertz CT molecular complexity index is 1110. The Morgan fingerprint density at radius 3 is 2.86 bits per heavy atom. The van der Waals surface area contributed by atoms with Crippen LogP contribution in [0.2, 0.25) is 0 Å². The molecular formula is C20H18N6O2. The predicted octanol–water partition coefficient (Wildman–Crippen LogP) is 2.90. The Morgan fingerprint density at radius 1 is 1.29 bits per heavy atom. The first-order chi connectivity index (χ1) is 13.5. The molecule has 1 aliphatic rings. The number of carbonyl (C=O) groups excluding carboxylic acids is 1. The van der Waals surface area contributed by atoms with E-state index >= 15 is 0 Å². The van der Waals surface area contributed by atoms with Gasteiger partial charge in [-0.25, -0.2) is 4.98 Å². The fourth-order valence-electron chi connectivity index (χ4n) is 3.49. The third-order valence-corrected chi connectivity index (χ3v) is 4.84. The van der Waals surface area contributed by atoms with Crippen molar-refractivity contribution < 1.29 is 9.53 Å². The van der Waals surface area contributed by atoms with Crippen LogP contribution >= 0.6 is 0 Å². The Balaban J connectivity index is 1.76. The standard InChI is InChI=1S/C20H18N6O2/c1-12-6-17(14-7-16(28-3)10-22-8-14)24-19-13(2)26(20(27)18(12)19)15-9-23-25(11-15)5-4-21/h6-11,13H,5H2,1-3H3. The van der Waals surface area contributed by atoms with Gasteiger partial charge in [0.2, 0.25) is 0 Å². The van der Waals surface area contributed by atoms with Gasteiger partial charge in [0.05, 0.1) is 54.3 Å². The molecule has 1 amide bonds. The normalized spacial score (nSPS) is 15.4. The van der Waals surface area contributed by atoms with Crippen LogP contribution in [0.15, 0.2) is 36.9 Å². The first kappa shape index (κ1) is 17.7. The van der Waals surface area contributed by atoms with Crippen molar-refractivity contribution in [3.63, 3.8) is 0 Å². The first-order valence-electron chi connectivity index (χ1n) is 8.77. The van der Waals surface area contributed by atoms with Gasteiger partial charge in [-0.05, 0) is 31.5 Å². The molecule has 4 heterocycles. The predicted molar refractivity (Wildman–Crippen MR) is 102 cm³/mol. The molecule has 1 aliphatic heterocycles. The van der Waals surface area contributed by atoms with Crippen LogP contribution in [0.25, 0.3) is 11.3 Å². The number of ether oxygens (including phenoxy) is 1. The second-order valence-corrected chi connectivity index (χ2v) is 6.60. The Hall–Kier alpha value is -3.73. The number of hydrogen-bond donors (Lipinski definition) is 0. The number of hydrogen-bond acceptors (Lipinski definition) is 6. The molecule has 0 fully saturated rings. The highest BCUT2D eigenvalue weighted by molar-refractivity contribution is 6.11. The molecule has 0 N–H and O–H groups in total. The summed E-state index contributed by atoms with van der Waals surface area (Å²) < 4.78 is 6.76. The molecule has 0 saturated carbocycles. The van der Waals surface area contributed by atoms with Gasteiger partial charge in [0.25, 0.3) is 5.91 Å². The van der Waals surface area contributed by atoms with Gasteiger partial charge in [0.1, 0.15) is 12.3 Å². The minimum Gasteiger partial charge on any atom is -0.495 e. The molecule has 8 nitrogen and oxygen atoms in total. The number of aromatic nitrogens is 4. The van der Waals surface area contributed by atoms with Gasteiger partial charge < -0.3 is 4.74 Å². The third-order valence-electron chi connectivity index (χ3n) is 4.84. The minimum absolute atomic E-state index is 0.112. The number of rotatable bonds is 4. The molecule has 0 bridgehead atoms. The molecule has 0 saturated heterocycles. The monoisotopic (exact) mass is 374 g/mol. The number of aryl methyl sites for hydroxylation is 1.